The van der Waals surface area contributed by atoms with Crippen molar-refractivity contribution in [3.05, 3.63) is 53.6 Å². The highest BCUT2D eigenvalue weighted by atomic mass is 32.2. The first-order valence-corrected chi connectivity index (χ1v) is 25.5. The molecule has 0 aliphatic rings. The Hall–Kier alpha value is -2.45. The van der Waals surface area contributed by atoms with Gasteiger partial charge in [-0.25, -0.2) is 9.59 Å². The van der Waals surface area contributed by atoms with Crippen molar-refractivity contribution in [2.24, 2.45) is 0 Å². The molecule has 0 saturated carbocycles. The fraction of sp³-hybridized carbons (Fsp3) is 0.760. The van der Waals surface area contributed by atoms with Crippen LogP contribution < -0.4 is 0 Å². The molecule has 0 amide bonds. The number of hydrogen-bond acceptors (Lipinski definition) is 6. The van der Waals surface area contributed by atoms with Gasteiger partial charge in [0.1, 0.15) is 0 Å². The van der Waals surface area contributed by atoms with Gasteiger partial charge in [-0.2, -0.15) is 8.42 Å². The van der Waals surface area contributed by atoms with Gasteiger partial charge in [0.05, 0.1) is 29.2 Å². The van der Waals surface area contributed by atoms with E-state index in [0.29, 0.717) is 12.8 Å². The summed E-state index contributed by atoms with van der Waals surface area (Å²) < 4.78 is 44.0. The Morgan fingerprint density at radius 1 is 0.448 bits per heavy atom. The van der Waals surface area contributed by atoms with E-state index >= 15 is 0 Å². The van der Waals surface area contributed by atoms with Crippen molar-refractivity contribution in [2.45, 2.75) is 237 Å². The molecule has 1 N–H and O–H groups in total. The van der Waals surface area contributed by atoms with Crippen molar-refractivity contribution < 1.29 is 32.0 Å². The van der Waals surface area contributed by atoms with E-state index in [1.54, 1.807) is 0 Å². The van der Waals surface area contributed by atoms with Gasteiger partial charge in [-0.3, -0.25) is 4.55 Å². The van der Waals surface area contributed by atoms with Gasteiger partial charge in [-0.15, -0.1) is 0 Å². The zero-order chi connectivity index (χ0) is 42.2. The summed E-state index contributed by atoms with van der Waals surface area (Å²) in [5.74, 6) is -1.52. The largest absolute Gasteiger partial charge is 0.462 e. The van der Waals surface area contributed by atoms with Gasteiger partial charge in [-0.05, 0) is 82.4 Å². The van der Waals surface area contributed by atoms with Gasteiger partial charge in [-0.1, -0.05) is 192 Å². The zero-order valence-electron chi connectivity index (χ0n) is 37.3. The Morgan fingerprint density at radius 2 is 0.741 bits per heavy atom. The molecule has 8 heteroatoms. The van der Waals surface area contributed by atoms with E-state index in [4.69, 9.17) is 9.47 Å². The van der Waals surface area contributed by atoms with Crippen LogP contribution in [0.5, 0.6) is 0 Å². The van der Waals surface area contributed by atoms with Crippen molar-refractivity contribution in [1.29, 1.82) is 0 Å². The molecule has 0 aromatic heterocycles. The van der Waals surface area contributed by atoms with E-state index in [2.05, 4.69) is 38.2 Å². The normalized spacial score (nSPS) is 11.9. The maximum Gasteiger partial charge on any atom is 0.339 e. The first-order chi connectivity index (χ1) is 28.3. The van der Waals surface area contributed by atoms with Crippen LogP contribution in [0.25, 0.3) is 0 Å². The Kier molecular flexibility index (Phi) is 35.8. The Labute approximate surface area is 356 Å². The van der Waals surface area contributed by atoms with E-state index in [1.807, 2.05) is 0 Å². The van der Waals surface area contributed by atoms with Gasteiger partial charge in [0.2, 0.25) is 0 Å². The molecular weight excluding hydrogens is 745 g/mol. The minimum atomic E-state index is -4.57. The molecule has 0 atom stereocenters. The minimum Gasteiger partial charge on any atom is -0.462 e. The smallest absolute Gasteiger partial charge is 0.339 e. The molecule has 0 saturated heterocycles. The SMILES string of the molecule is CCCCCCCCCCCCC/C=C/CCCCCCOC(=O)c1ccc(S(=O)(=O)O)cc1C(=O)OCCCCCC/C=C/CCCCCCCCCCCCC. The molecule has 0 aliphatic heterocycles. The molecule has 0 bridgehead atoms. The third-order valence-electron chi connectivity index (χ3n) is 11.0. The average molecular weight is 831 g/mol. The van der Waals surface area contributed by atoms with E-state index in [1.165, 1.54) is 147 Å². The van der Waals surface area contributed by atoms with Crippen LogP contribution in [0.1, 0.15) is 253 Å². The van der Waals surface area contributed by atoms with Gasteiger partial charge in [0, 0.05) is 0 Å². The quantitative estimate of drug-likeness (QED) is 0.0303. The number of carbonyl (C=O) groups excluding carboxylic acids is 2. The van der Waals surface area contributed by atoms with Gasteiger partial charge >= 0.3 is 11.9 Å². The predicted octanol–water partition coefficient (Wildman–Crippen LogP) is 15.7. The number of unbranched alkanes of at least 4 members (excludes halogenated alkanes) is 30. The molecule has 1 aromatic carbocycles. The summed E-state index contributed by atoms with van der Waals surface area (Å²) in [5, 5.41) is 0. The maximum atomic E-state index is 13.0. The summed E-state index contributed by atoms with van der Waals surface area (Å²) in [4.78, 5) is 25.4. The molecule has 0 radical (unpaired) electrons. The molecule has 0 unspecified atom stereocenters. The number of benzene rings is 1. The van der Waals surface area contributed by atoms with Crippen molar-refractivity contribution in [3.63, 3.8) is 0 Å². The number of rotatable bonds is 41. The monoisotopic (exact) mass is 831 g/mol. The highest BCUT2D eigenvalue weighted by Crippen LogP contribution is 2.20. The molecule has 1 rings (SSSR count). The van der Waals surface area contributed by atoms with E-state index in [-0.39, 0.29) is 24.3 Å². The maximum absolute atomic E-state index is 13.0. The van der Waals surface area contributed by atoms with Crippen LogP contribution in [0.15, 0.2) is 47.4 Å². The molecule has 58 heavy (non-hydrogen) atoms. The minimum absolute atomic E-state index is 0.0692. The van der Waals surface area contributed by atoms with Crippen LogP contribution in [-0.4, -0.2) is 38.1 Å². The lowest BCUT2D eigenvalue weighted by Gasteiger charge is -2.11. The standard InChI is InChI=1S/C50H86O7S/c1-3-5-7-9-11-13-15-17-19-21-23-25-27-29-31-33-35-37-39-43-56-49(51)47-42-41-46(58(53,54)55)45-48(47)50(52)57-44-40-38-36-34-32-30-28-26-24-22-20-18-16-14-12-10-8-6-4-2/h27-30,41-42,45H,3-26,31-40,43-44H2,1-2H3,(H,53,54,55)/b29-27+,30-28+. The Balaban J connectivity index is 2.19. The highest BCUT2D eigenvalue weighted by molar-refractivity contribution is 7.85. The van der Waals surface area contributed by atoms with Crippen LogP contribution in [-0.2, 0) is 19.6 Å². The molecule has 0 aliphatic carbocycles. The summed E-state index contributed by atoms with van der Waals surface area (Å²) in [5.41, 5.74) is -0.289. The predicted molar refractivity (Wildman–Crippen MR) is 243 cm³/mol. The van der Waals surface area contributed by atoms with Gasteiger partial charge in [0.15, 0.2) is 0 Å². The first kappa shape index (κ1) is 53.6. The van der Waals surface area contributed by atoms with E-state index in [0.717, 1.165) is 76.3 Å². The van der Waals surface area contributed by atoms with Crippen LogP contribution in [0.4, 0.5) is 0 Å². The molecule has 0 spiro atoms. The van der Waals surface area contributed by atoms with E-state index in [9.17, 15) is 22.6 Å². The van der Waals surface area contributed by atoms with Crippen molar-refractivity contribution in [1.82, 2.24) is 0 Å². The van der Waals surface area contributed by atoms with Crippen molar-refractivity contribution in [2.75, 3.05) is 13.2 Å². The third kappa shape index (κ3) is 31.5. The summed E-state index contributed by atoms with van der Waals surface area (Å²) in [6.07, 6.45) is 51.0. The van der Waals surface area contributed by atoms with Crippen molar-refractivity contribution in [3.8, 4) is 0 Å². The molecule has 0 fully saturated rings. The topological polar surface area (TPSA) is 107 Å². The second kappa shape index (κ2) is 38.7. The molecule has 1 aromatic rings. The Morgan fingerprint density at radius 3 is 1.07 bits per heavy atom. The second-order valence-electron chi connectivity index (χ2n) is 16.5. The van der Waals surface area contributed by atoms with Crippen LogP contribution in [0, 0.1) is 0 Å². The molecule has 334 valence electrons. The van der Waals surface area contributed by atoms with E-state index < -0.39 is 27.0 Å². The number of ether oxygens (including phenoxy) is 2. The summed E-state index contributed by atoms with van der Waals surface area (Å²) >= 11 is 0. The average Bonchev–Trinajstić information content (AvgIpc) is 3.21. The fourth-order valence-corrected chi connectivity index (χ4v) is 7.78. The number of carbonyl (C=O) groups is 2. The third-order valence-corrected chi connectivity index (χ3v) is 11.9. The Bertz CT molecular complexity index is 1300. The summed E-state index contributed by atoms with van der Waals surface area (Å²) in [7, 11) is -4.57. The fourth-order valence-electron chi connectivity index (χ4n) is 7.28. The molecule has 7 nitrogen and oxygen atoms in total. The molecular formula is C50H86O7S. The lowest BCUT2D eigenvalue weighted by molar-refractivity contribution is 0.0450. The van der Waals surface area contributed by atoms with Gasteiger partial charge < -0.3 is 9.47 Å². The second-order valence-corrected chi connectivity index (χ2v) is 17.9. The van der Waals surface area contributed by atoms with Crippen LogP contribution in [0.2, 0.25) is 0 Å². The summed E-state index contributed by atoms with van der Waals surface area (Å²) in [6.45, 7) is 4.90. The number of esters is 2. The number of hydrogen-bond donors (Lipinski definition) is 1. The van der Waals surface area contributed by atoms with Gasteiger partial charge in [0.25, 0.3) is 10.1 Å². The van der Waals surface area contributed by atoms with Crippen LogP contribution in [0.3, 0.4) is 0 Å². The number of allylic oxidation sites excluding steroid dienone is 4. The zero-order valence-corrected chi connectivity index (χ0v) is 38.1. The van der Waals surface area contributed by atoms with Crippen molar-refractivity contribution >= 4 is 22.1 Å². The first-order valence-electron chi connectivity index (χ1n) is 24.1. The summed E-state index contributed by atoms with van der Waals surface area (Å²) in [6, 6.07) is 3.29. The highest BCUT2D eigenvalue weighted by Gasteiger charge is 2.23. The van der Waals surface area contributed by atoms with Crippen LogP contribution >= 0.6 is 0 Å². The lowest BCUT2D eigenvalue weighted by Crippen LogP contribution is -2.16. The lowest BCUT2D eigenvalue weighted by atomic mass is 10.1. The molecule has 0 heterocycles.